The summed E-state index contributed by atoms with van der Waals surface area (Å²) in [6.45, 7) is 4.49. The maximum absolute atomic E-state index is 13.0. The predicted molar refractivity (Wildman–Crippen MR) is 116 cm³/mol. The summed E-state index contributed by atoms with van der Waals surface area (Å²) in [5.41, 5.74) is -0.228. The van der Waals surface area contributed by atoms with Crippen LogP contribution in [0.3, 0.4) is 0 Å². The Labute approximate surface area is 195 Å². The fourth-order valence-electron chi connectivity index (χ4n) is 4.97. The van der Waals surface area contributed by atoms with Crippen molar-refractivity contribution >= 4 is 5.91 Å². The molecule has 0 N–H and O–H groups in total. The number of hydrogen-bond donors (Lipinski definition) is 0. The lowest BCUT2D eigenvalue weighted by Crippen LogP contribution is -2.50. The highest BCUT2D eigenvalue weighted by atomic mass is 19.4. The summed E-state index contributed by atoms with van der Waals surface area (Å²) in [7, 11) is 0. The molecule has 0 atom stereocenters. The number of amides is 1. The molecule has 0 aliphatic carbocycles. The van der Waals surface area contributed by atoms with Gasteiger partial charge >= 0.3 is 6.18 Å². The minimum Gasteiger partial charge on any atom is -0.477 e. The van der Waals surface area contributed by atoms with Crippen LogP contribution in [0.15, 0.2) is 24.5 Å². The molecule has 8 nitrogen and oxygen atoms in total. The number of carbonyl (C=O) groups is 1. The molecular weight excluding hydrogens is 451 g/mol. The van der Waals surface area contributed by atoms with E-state index in [0.29, 0.717) is 37.2 Å². The number of nitrogens with zero attached hydrogens (tertiary/aromatic N) is 5. The Morgan fingerprint density at radius 2 is 1.79 bits per heavy atom. The summed E-state index contributed by atoms with van der Waals surface area (Å²) in [4.78, 5) is 21.1. The lowest BCUT2D eigenvalue weighted by molar-refractivity contribution is -0.137. The Hall–Kier alpha value is -2.82. The molecular formula is C23H28F3N5O3. The average molecular weight is 480 g/mol. The molecule has 2 aromatic heterocycles. The van der Waals surface area contributed by atoms with Crippen LogP contribution in [0.5, 0.6) is 11.8 Å². The van der Waals surface area contributed by atoms with E-state index >= 15 is 0 Å². The second kappa shape index (κ2) is 9.44. The third-order valence-corrected chi connectivity index (χ3v) is 6.87. The number of piperidine rings is 2. The van der Waals surface area contributed by atoms with Crippen molar-refractivity contribution in [1.82, 2.24) is 24.6 Å². The van der Waals surface area contributed by atoms with E-state index in [1.807, 2.05) is 4.90 Å². The quantitative estimate of drug-likeness (QED) is 0.671. The van der Waals surface area contributed by atoms with Gasteiger partial charge in [0, 0.05) is 57.4 Å². The molecule has 2 aromatic rings. The zero-order valence-electron chi connectivity index (χ0n) is 18.8. The van der Waals surface area contributed by atoms with Crippen LogP contribution in [-0.2, 0) is 12.7 Å². The van der Waals surface area contributed by atoms with Gasteiger partial charge in [-0.25, -0.2) is 9.67 Å². The Bertz CT molecular complexity index is 994. The number of likely N-dealkylation sites (tertiary alicyclic amines) is 2. The number of alkyl halides is 3. The van der Waals surface area contributed by atoms with Crippen molar-refractivity contribution in [3.05, 3.63) is 35.7 Å². The van der Waals surface area contributed by atoms with Gasteiger partial charge in [-0.2, -0.15) is 18.3 Å². The zero-order valence-corrected chi connectivity index (χ0v) is 18.8. The molecule has 2 fully saturated rings. The van der Waals surface area contributed by atoms with Crippen LogP contribution in [0.25, 0.3) is 0 Å². The zero-order chi connectivity index (χ0) is 23.7. The number of pyridine rings is 1. The summed E-state index contributed by atoms with van der Waals surface area (Å²) < 4.78 is 51.3. The van der Waals surface area contributed by atoms with Crippen LogP contribution >= 0.6 is 0 Å². The molecule has 184 valence electrons. The second-order valence-corrected chi connectivity index (χ2v) is 9.05. The third kappa shape index (κ3) is 4.84. The number of aryl methyl sites for hydroxylation is 1. The van der Waals surface area contributed by atoms with Crippen LogP contribution in [0.2, 0.25) is 0 Å². The number of ether oxygens (including phenoxy) is 2. The van der Waals surface area contributed by atoms with Crippen LogP contribution in [0, 0.1) is 0 Å². The summed E-state index contributed by atoms with van der Waals surface area (Å²) in [6.07, 6.45) is 2.26. The van der Waals surface area contributed by atoms with Crippen molar-refractivity contribution in [2.24, 2.45) is 0 Å². The summed E-state index contributed by atoms with van der Waals surface area (Å²) in [6, 6.07) is 2.69. The maximum Gasteiger partial charge on any atom is 0.417 e. The molecule has 2 saturated heterocycles. The molecule has 0 aromatic carbocycles. The molecule has 0 radical (unpaired) electrons. The minimum absolute atomic E-state index is 0.0160. The van der Waals surface area contributed by atoms with Crippen LogP contribution in [-0.4, -0.2) is 75.4 Å². The fourth-order valence-corrected chi connectivity index (χ4v) is 4.97. The van der Waals surface area contributed by atoms with E-state index in [-0.39, 0.29) is 17.9 Å². The molecule has 3 aliphatic rings. The Balaban J connectivity index is 1.08. The van der Waals surface area contributed by atoms with Gasteiger partial charge in [-0.1, -0.05) is 0 Å². The molecule has 5 rings (SSSR count). The third-order valence-electron chi connectivity index (χ3n) is 6.87. The molecule has 1 amide bonds. The molecule has 3 aliphatic heterocycles. The van der Waals surface area contributed by atoms with Gasteiger partial charge in [0.05, 0.1) is 18.4 Å². The minimum atomic E-state index is -4.40. The lowest BCUT2D eigenvalue weighted by atomic mass is 9.98. The van der Waals surface area contributed by atoms with Crippen molar-refractivity contribution in [2.45, 2.75) is 57.0 Å². The molecule has 0 saturated carbocycles. The number of aromatic nitrogens is 3. The molecule has 5 heterocycles. The normalized spacial score (nSPS) is 20.6. The smallest absolute Gasteiger partial charge is 0.417 e. The van der Waals surface area contributed by atoms with Crippen LogP contribution in [0.1, 0.15) is 48.0 Å². The summed E-state index contributed by atoms with van der Waals surface area (Å²) in [5.74, 6) is 0.797. The van der Waals surface area contributed by atoms with Gasteiger partial charge in [0.25, 0.3) is 5.91 Å². The Morgan fingerprint density at radius 1 is 1.03 bits per heavy atom. The number of halogens is 3. The maximum atomic E-state index is 13.0. The largest absolute Gasteiger partial charge is 0.477 e. The first-order chi connectivity index (χ1) is 16.4. The van der Waals surface area contributed by atoms with Gasteiger partial charge in [-0.3, -0.25) is 9.69 Å². The van der Waals surface area contributed by atoms with Gasteiger partial charge in [-0.05, 0) is 31.7 Å². The monoisotopic (exact) mass is 479 g/mol. The van der Waals surface area contributed by atoms with Crippen molar-refractivity contribution < 1.29 is 27.4 Å². The molecule has 0 bridgehead atoms. The highest BCUT2D eigenvalue weighted by Crippen LogP contribution is 2.30. The number of carbonyl (C=O) groups excluding carboxylic acids is 1. The van der Waals surface area contributed by atoms with E-state index < -0.39 is 11.7 Å². The number of rotatable bonds is 4. The highest BCUT2D eigenvalue weighted by Gasteiger charge is 2.33. The fraction of sp³-hybridized carbons (Fsp3) is 0.609. The van der Waals surface area contributed by atoms with E-state index in [0.717, 1.165) is 64.0 Å². The summed E-state index contributed by atoms with van der Waals surface area (Å²) in [5, 5.41) is 4.28. The topological polar surface area (TPSA) is 72.7 Å². The molecule has 11 heteroatoms. The standard InChI is InChI=1S/C23H28F3N5O3/c24-23(25,26)16-2-3-20(27-14-16)34-18-6-11-29(12-7-18)17-4-9-30(10-5-17)21(32)19-15-28-31-8-1-13-33-22(19)31/h2-3,14-15,17-18H,1,4-13H2. The van der Waals surface area contributed by atoms with Crippen molar-refractivity contribution in [3.8, 4) is 11.8 Å². The number of hydrogen-bond acceptors (Lipinski definition) is 6. The second-order valence-electron chi connectivity index (χ2n) is 9.05. The SMILES string of the molecule is O=C(c1cnn2c1OCCC2)N1CCC(N2CCC(Oc3ccc(C(F)(F)F)cn3)CC2)CC1. The van der Waals surface area contributed by atoms with E-state index in [1.54, 1.807) is 10.9 Å². The first kappa shape index (κ1) is 22.9. The molecule has 0 spiro atoms. The Kier molecular flexibility index (Phi) is 6.37. The van der Waals surface area contributed by atoms with Crippen molar-refractivity contribution in [3.63, 3.8) is 0 Å². The average Bonchev–Trinajstić information content (AvgIpc) is 3.28. The highest BCUT2D eigenvalue weighted by molar-refractivity contribution is 5.96. The first-order valence-electron chi connectivity index (χ1n) is 11.8. The lowest BCUT2D eigenvalue weighted by Gasteiger charge is -2.41. The van der Waals surface area contributed by atoms with Gasteiger partial charge in [-0.15, -0.1) is 0 Å². The van der Waals surface area contributed by atoms with Crippen LogP contribution < -0.4 is 9.47 Å². The van der Waals surface area contributed by atoms with Gasteiger partial charge < -0.3 is 14.4 Å². The molecule has 34 heavy (non-hydrogen) atoms. The van der Waals surface area contributed by atoms with E-state index in [9.17, 15) is 18.0 Å². The van der Waals surface area contributed by atoms with Crippen molar-refractivity contribution in [1.29, 1.82) is 0 Å². The van der Waals surface area contributed by atoms with E-state index in [1.165, 1.54) is 6.07 Å². The summed E-state index contributed by atoms with van der Waals surface area (Å²) >= 11 is 0. The van der Waals surface area contributed by atoms with Gasteiger partial charge in [0.15, 0.2) is 0 Å². The van der Waals surface area contributed by atoms with Gasteiger partial charge in [0.2, 0.25) is 11.8 Å². The molecule has 0 unspecified atom stereocenters. The Morgan fingerprint density at radius 3 is 2.47 bits per heavy atom. The van der Waals surface area contributed by atoms with Crippen molar-refractivity contribution in [2.75, 3.05) is 32.8 Å². The predicted octanol–water partition coefficient (Wildman–Crippen LogP) is 3.23. The van der Waals surface area contributed by atoms with Gasteiger partial charge in [0.1, 0.15) is 11.7 Å². The first-order valence-corrected chi connectivity index (χ1v) is 11.8. The van der Waals surface area contributed by atoms with E-state index in [4.69, 9.17) is 9.47 Å². The number of fused-ring (bicyclic) bond motifs is 1. The van der Waals surface area contributed by atoms with E-state index in [2.05, 4.69) is 15.0 Å². The van der Waals surface area contributed by atoms with Crippen LogP contribution in [0.4, 0.5) is 13.2 Å².